The Labute approximate surface area is 135 Å². The number of hydrogen-bond acceptors (Lipinski definition) is 4. The molecule has 0 spiro atoms. The van der Waals surface area contributed by atoms with Gasteiger partial charge in [-0.15, -0.1) is 0 Å². The summed E-state index contributed by atoms with van der Waals surface area (Å²) in [6.45, 7) is 4.01. The Balaban J connectivity index is 1.49. The normalized spacial score (nSPS) is 18.6. The third-order valence-corrected chi connectivity index (χ3v) is 4.43. The monoisotopic (exact) mass is 308 g/mol. The van der Waals surface area contributed by atoms with Crippen LogP contribution in [-0.4, -0.2) is 26.4 Å². The average Bonchev–Trinajstić information content (AvgIpc) is 3.29. The second-order valence-corrected chi connectivity index (χ2v) is 6.12. The highest BCUT2D eigenvalue weighted by Gasteiger charge is 2.28. The van der Waals surface area contributed by atoms with Crippen LogP contribution in [0.2, 0.25) is 0 Å². The molecule has 4 rings (SSSR count). The fourth-order valence-electron chi connectivity index (χ4n) is 3.29. The summed E-state index contributed by atoms with van der Waals surface area (Å²) in [6, 6.07) is 12.9. The number of aryl methyl sites for hydroxylation is 1. The van der Waals surface area contributed by atoms with Gasteiger partial charge >= 0.3 is 0 Å². The maximum Gasteiger partial charge on any atom is 0.154 e. The van der Waals surface area contributed by atoms with Crippen molar-refractivity contribution in [1.82, 2.24) is 19.8 Å². The van der Waals surface area contributed by atoms with Gasteiger partial charge in [0, 0.05) is 25.0 Å². The zero-order valence-electron chi connectivity index (χ0n) is 13.2. The Kier molecular flexibility index (Phi) is 3.71. The van der Waals surface area contributed by atoms with Gasteiger partial charge in [-0.25, -0.2) is 4.68 Å². The van der Waals surface area contributed by atoms with Gasteiger partial charge in [0.2, 0.25) is 0 Å². The first-order valence-electron chi connectivity index (χ1n) is 8.06. The summed E-state index contributed by atoms with van der Waals surface area (Å²) in [6.07, 6.45) is 6.09. The average molecular weight is 308 g/mol. The van der Waals surface area contributed by atoms with Gasteiger partial charge in [0.25, 0.3) is 0 Å². The van der Waals surface area contributed by atoms with Crippen molar-refractivity contribution < 1.29 is 4.52 Å². The Morgan fingerprint density at radius 3 is 2.83 bits per heavy atom. The number of aromatic nitrogens is 3. The first-order chi connectivity index (χ1) is 11.3. The lowest BCUT2D eigenvalue weighted by molar-refractivity contribution is 0.206. The third-order valence-electron chi connectivity index (χ3n) is 4.43. The minimum Gasteiger partial charge on any atom is -0.359 e. The third kappa shape index (κ3) is 2.92. The predicted octanol–water partition coefficient (Wildman–Crippen LogP) is 3.51. The standard InChI is InChI=1S/C18H20N4O/c1-14-12-18(23-20-14)17-4-2-10-21(17)13-15-5-7-16(8-6-15)22-11-3-9-19-22/h3,5-9,11-12,17H,2,4,10,13H2,1H3. The molecule has 3 aromatic rings. The fourth-order valence-corrected chi connectivity index (χ4v) is 3.29. The highest BCUT2D eigenvalue weighted by atomic mass is 16.5. The largest absolute Gasteiger partial charge is 0.359 e. The van der Waals surface area contributed by atoms with E-state index in [1.165, 1.54) is 12.0 Å². The lowest BCUT2D eigenvalue weighted by atomic mass is 10.1. The molecule has 1 aliphatic heterocycles. The number of rotatable bonds is 4. The van der Waals surface area contributed by atoms with Gasteiger partial charge in [-0.3, -0.25) is 4.90 Å². The van der Waals surface area contributed by atoms with Crippen LogP contribution >= 0.6 is 0 Å². The van der Waals surface area contributed by atoms with Crippen LogP contribution in [0.1, 0.15) is 35.9 Å². The van der Waals surface area contributed by atoms with Crippen molar-refractivity contribution in [3.63, 3.8) is 0 Å². The molecule has 5 heteroatoms. The highest BCUT2D eigenvalue weighted by Crippen LogP contribution is 2.33. The SMILES string of the molecule is Cc1cc(C2CCCN2Cc2ccc(-n3cccn3)cc2)on1. The van der Waals surface area contributed by atoms with Gasteiger partial charge in [0.1, 0.15) is 0 Å². The lowest BCUT2D eigenvalue weighted by Gasteiger charge is -2.22. The Morgan fingerprint density at radius 2 is 2.13 bits per heavy atom. The van der Waals surface area contributed by atoms with Gasteiger partial charge in [-0.05, 0) is 50.1 Å². The molecule has 1 fully saturated rings. The summed E-state index contributed by atoms with van der Waals surface area (Å²) in [4.78, 5) is 2.48. The van der Waals surface area contributed by atoms with E-state index in [0.29, 0.717) is 6.04 Å². The van der Waals surface area contributed by atoms with Crippen molar-refractivity contribution in [3.8, 4) is 5.69 Å². The molecule has 5 nitrogen and oxygen atoms in total. The topological polar surface area (TPSA) is 47.1 Å². The Morgan fingerprint density at radius 1 is 1.26 bits per heavy atom. The summed E-state index contributed by atoms with van der Waals surface area (Å²) in [7, 11) is 0. The molecule has 0 bridgehead atoms. The van der Waals surface area contributed by atoms with E-state index >= 15 is 0 Å². The molecule has 118 valence electrons. The maximum atomic E-state index is 5.48. The van der Waals surface area contributed by atoms with E-state index < -0.39 is 0 Å². The zero-order chi connectivity index (χ0) is 15.6. The van der Waals surface area contributed by atoms with E-state index in [0.717, 1.165) is 36.7 Å². The minimum absolute atomic E-state index is 0.349. The number of nitrogens with zero attached hydrogens (tertiary/aromatic N) is 4. The molecule has 0 radical (unpaired) electrons. The number of benzene rings is 1. The first-order valence-corrected chi connectivity index (χ1v) is 8.06. The van der Waals surface area contributed by atoms with Crippen LogP contribution in [0.25, 0.3) is 5.69 Å². The molecule has 23 heavy (non-hydrogen) atoms. The molecule has 2 aromatic heterocycles. The van der Waals surface area contributed by atoms with Crippen LogP contribution in [0.3, 0.4) is 0 Å². The van der Waals surface area contributed by atoms with Crippen LogP contribution in [0.4, 0.5) is 0 Å². The highest BCUT2D eigenvalue weighted by molar-refractivity contribution is 5.33. The van der Waals surface area contributed by atoms with Crippen LogP contribution in [0.5, 0.6) is 0 Å². The first kappa shape index (κ1) is 14.2. The predicted molar refractivity (Wildman–Crippen MR) is 87.2 cm³/mol. The molecule has 0 saturated carbocycles. The van der Waals surface area contributed by atoms with E-state index in [1.54, 1.807) is 6.20 Å². The van der Waals surface area contributed by atoms with Gasteiger partial charge in [0.05, 0.1) is 17.4 Å². The Hall–Kier alpha value is -2.40. The lowest BCUT2D eigenvalue weighted by Crippen LogP contribution is -2.22. The van der Waals surface area contributed by atoms with Gasteiger partial charge in [-0.1, -0.05) is 17.3 Å². The quantitative estimate of drug-likeness (QED) is 0.740. The van der Waals surface area contributed by atoms with Crippen LogP contribution in [0, 0.1) is 6.92 Å². The minimum atomic E-state index is 0.349. The second kappa shape index (κ2) is 6.01. The molecular weight excluding hydrogens is 288 g/mol. The molecule has 1 atom stereocenters. The zero-order valence-corrected chi connectivity index (χ0v) is 13.2. The van der Waals surface area contributed by atoms with Crippen molar-refractivity contribution >= 4 is 0 Å². The van der Waals surface area contributed by atoms with Crippen molar-refractivity contribution in [2.24, 2.45) is 0 Å². The van der Waals surface area contributed by atoms with E-state index in [-0.39, 0.29) is 0 Å². The molecule has 1 unspecified atom stereocenters. The summed E-state index contributed by atoms with van der Waals surface area (Å²) < 4.78 is 7.36. The Bertz CT molecular complexity index is 761. The van der Waals surface area contributed by atoms with Gasteiger partial charge in [0.15, 0.2) is 5.76 Å². The molecule has 0 aliphatic carbocycles. The van der Waals surface area contributed by atoms with Gasteiger partial charge < -0.3 is 4.52 Å². The molecule has 3 heterocycles. The number of likely N-dealkylation sites (tertiary alicyclic amines) is 1. The van der Waals surface area contributed by atoms with Crippen LogP contribution in [-0.2, 0) is 6.54 Å². The van der Waals surface area contributed by atoms with E-state index in [9.17, 15) is 0 Å². The van der Waals surface area contributed by atoms with Crippen molar-refractivity contribution in [3.05, 3.63) is 65.8 Å². The van der Waals surface area contributed by atoms with E-state index in [1.807, 2.05) is 23.9 Å². The molecular formula is C18H20N4O. The molecule has 1 saturated heterocycles. The second-order valence-electron chi connectivity index (χ2n) is 6.12. The molecule has 0 N–H and O–H groups in total. The van der Waals surface area contributed by atoms with Crippen molar-refractivity contribution in [2.75, 3.05) is 6.54 Å². The van der Waals surface area contributed by atoms with Crippen LogP contribution in [0.15, 0.2) is 53.3 Å². The van der Waals surface area contributed by atoms with E-state index in [4.69, 9.17) is 4.52 Å². The summed E-state index contributed by atoms with van der Waals surface area (Å²) in [5.41, 5.74) is 3.35. The van der Waals surface area contributed by atoms with Gasteiger partial charge in [-0.2, -0.15) is 5.10 Å². The van der Waals surface area contributed by atoms with Crippen LogP contribution < -0.4 is 0 Å². The molecule has 1 aliphatic rings. The van der Waals surface area contributed by atoms with E-state index in [2.05, 4.69) is 45.5 Å². The number of hydrogen-bond donors (Lipinski definition) is 0. The summed E-state index contributed by atoms with van der Waals surface area (Å²) in [5, 5.41) is 8.29. The summed E-state index contributed by atoms with van der Waals surface area (Å²) >= 11 is 0. The molecule has 1 aromatic carbocycles. The molecule has 0 amide bonds. The summed E-state index contributed by atoms with van der Waals surface area (Å²) in [5.74, 6) is 0.994. The van der Waals surface area contributed by atoms with Crippen molar-refractivity contribution in [1.29, 1.82) is 0 Å². The van der Waals surface area contributed by atoms with Crippen molar-refractivity contribution in [2.45, 2.75) is 32.4 Å². The maximum absolute atomic E-state index is 5.48. The fraction of sp³-hybridized carbons (Fsp3) is 0.333. The smallest absolute Gasteiger partial charge is 0.154 e.